The standard InChI is InChI=1S/C18H13F2NO/c19-16-5-3-4-14(9-16)15-8-13(10-21-11-15)12-22-18-7-2-1-6-17(18)20/h1-11H,12H2. The topological polar surface area (TPSA) is 22.1 Å². The van der Waals surface area contributed by atoms with Crippen LogP contribution in [0.5, 0.6) is 5.75 Å². The maximum atomic E-state index is 13.5. The van der Waals surface area contributed by atoms with Gasteiger partial charge in [0.25, 0.3) is 0 Å². The molecule has 0 saturated heterocycles. The van der Waals surface area contributed by atoms with Gasteiger partial charge in [-0.15, -0.1) is 0 Å². The van der Waals surface area contributed by atoms with E-state index in [9.17, 15) is 8.78 Å². The largest absolute Gasteiger partial charge is 0.486 e. The van der Waals surface area contributed by atoms with Gasteiger partial charge in [-0.3, -0.25) is 4.98 Å². The van der Waals surface area contributed by atoms with Gasteiger partial charge in [0.2, 0.25) is 0 Å². The van der Waals surface area contributed by atoms with E-state index in [1.54, 1.807) is 36.7 Å². The van der Waals surface area contributed by atoms with Crippen LogP contribution in [0.1, 0.15) is 5.56 Å². The van der Waals surface area contributed by atoms with E-state index in [1.165, 1.54) is 18.2 Å². The average molecular weight is 297 g/mol. The van der Waals surface area contributed by atoms with Crippen LogP contribution in [-0.4, -0.2) is 4.98 Å². The molecule has 110 valence electrons. The van der Waals surface area contributed by atoms with Crippen LogP contribution in [0.25, 0.3) is 11.1 Å². The van der Waals surface area contributed by atoms with Crippen molar-refractivity contribution in [3.63, 3.8) is 0 Å². The molecule has 1 heterocycles. The first-order valence-electron chi connectivity index (χ1n) is 6.79. The number of rotatable bonds is 4. The Morgan fingerprint density at radius 1 is 0.864 bits per heavy atom. The summed E-state index contributed by atoms with van der Waals surface area (Å²) in [7, 11) is 0. The molecule has 0 N–H and O–H groups in total. The van der Waals surface area contributed by atoms with Gasteiger partial charge in [-0.1, -0.05) is 24.3 Å². The van der Waals surface area contributed by atoms with Gasteiger partial charge in [-0.2, -0.15) is 0 Å². The fraction of sp³-hybridized carbons (Fsp3) is 0.0556. The van der Waals surface area contributed by atoms with Crippen LogP contribution in [-0.2, 0) is 6.61 Å². The lowest BCUT2D eigenvalue weighted by Crippen LogP contribution is -1.98. The Kier molecular flexibility index (Phi) is 4.10. The van der Waals surface area contributed by atoms with Crippen molar-refractivity contribution in [1.82, 2.24) is 4.98 Å². The Morgan fingerprint density at radius 2 is 1.73 bits per heavy atom. The molecule has 3 aromatic rings. The lowest BCUT2D eigenvalue weighted by Gasteiger charge is -2.08. The molecule has 0 spiro atoms. The van der Waals surface area contributed by atoms with E-state index >= 15 is 0 Å². The molecule has 0 aliphatic rings. The number of hydrogen-bond donors (Lipinski definition) is 0. The fourth-order valence-corrected chi connectivity index (χ4v) is 2.12. The van der Waals surface area contributed by atoms with Gasteiger partial charge >= 0.3 is 0 Å². The van der Waals surface area contributed by atoms with E-state index in [4.69, 9.17) is 4.74 Å². The summed E-state index contributed by atoms with van der Waals surface area (Å²) in [6.45, 7) is 0.192. The lowest BCUT2D eigenvalue weighted by atomic mass is 10.1. The summed E-state index contributed by atoms with van der Waals surface area (Å²) in [5.41, 5.74) is 2.30. The molecule has 0 saturated carbocycles. The van der Waals surface area contributed by atoms with Crippen LogP contribution >= 0.6 is 0 Å². The van der Waals surface area contributed by atoms with Crippen LogP contribution in [0.4, 0.5) is 8.78 Å². The van der Waals surface area contributed by atoms with E-state index < -0.39 is 5.82 Å². The first-order chi connectivity index (χ1) is 10.7. The molecule has 0 radical (unpaired) electrons. The molecule has 0 unspecified atom stereocenters. The van der Waals surface area contributed by atoms with Gasteiger partial charge in [0, 0.05) is 23.5 Å². The van der Waals surface area contributed by atoms with E-state index in [0.29, 0.717) is 0 Å². The van der Waals surface area contributed by atoms with Gasteiger partial charge in [0.1, 0.15) is 12.4 Å². The fourth-order valence-electron chi connectivity index (χ4n) is 2.12. The van der Waals surface area contributed by atoms with Crippen molar-refractivity contribution in [2.45, 2.75) is 6.61 Å². The van der Waals surface area contributed by atoms with Crippen molar-refractivity contribution in [1.29, 1.82) is 0 Å². The molecule has 3 rings (SSSR count). The summed E-state index contributed by atoms with van der Waals surface area (Å²) >= 11 is 0. The molecule has 0 aliphatic heterocycles. The second-order valence-electron chi connectivity index (χ2n) is 4.81. The number of nitrogens with zero attached hydrogens (tertiary/aromatic N) is 1. The van der Waals surface area contributed by atoms with Gasteiger partial charge in [0.05, 0.1) is 0 Å². The zero-order valence-corrected chi connectivity index (χ0v) is 11.7. The monoisotopic (exact) mass is 297 g/mol. The maximum Gasteiger partial charge on any atom is 0.165 e. The van der Waals surface area contributed by atoms with E-state index in [2.05, 4.69) is 4.98 Å². The predicted octanol–water partition coefficient (Wildman–Crippen LogP) is 4.61. The lowest BCUT2D eigenvalue weighted by molar-refractivity contribution is 0.290. The van der Waals surface area contributed by atoms with Gasteiger partial charge in [0.15, 0.2) is 11.6 Å². The Bertz CT molecular complexity index is 789. The molecule has 2 aromatic carbocycles. The van der Waals surface area contributed by atoms with Crippen molar-refractivity contribution in [3.05, 3.63) is 84.2 Å². The third kappa shape index (κ3) is 3.28. The second-order valence-corrected chi connectivity index (χ2v) is 4.81. The molecule has 0 fully saturated rings. The summed E-state index contributed by atoms with van der Waals surface area (Å²) in [5.74, 6) is -0.513. The summed E-state index contributed by atoms with van der Waals surface area (Å²) in [4.78, 5) is 4.13. The third-order valence-electron chi connectivity index (χ3n) is 3.18. The summed E-state index contributed by atoms with van der Waals surface area (Å²) in [6, 6.07) is 14.4. The molecule has 0 bridgehead atoms. The number of ether oxygens (including phenoxy) is 1. The molecule has 0 atom stereocenters. The maximum absolute atomic E-state index is 13.5. The van der Waals surface area contributed by atoms with Crippen LogP contribution in [0.3, 0.4) is 0 Å². The number of hydrogen-bond acceptors (Lipinski definition) is 2. The summed E-state index contributed by atoms with van der Waals surface area (Å²) in [6.07, 6.45) is 3.30. The molecule has 2 nitrogen and oxygen atoms in total. The first-order valence-corrected chi connectivity index (χ1v) is 6.79. The van der Waals surface area contributed by atoms with Crippen LogP contribution in [0.15, 0.2) is 67.0 Å². The van der Waals surface area contributed by atoms with Crippen LogP contribution in [0, 0.1) is 11.6 Å². The predicted molar refractivity (Wildman–Crippen MR) is 80.4 cm³/mol. The Morgan fingerprint density at radius 3 is 2.55 bits per heavy atom. The van der Waals surface area contributed by atoms with Crippen molar-refractivity contribution in [2.75, 3.05) is 0 Å². The minimum atomic E-state index is -0.406. The minimum Gasteiger partial charge on any atom is -0.486 e. The highest BCUT2D eigenvalue weighted by Gasteiger charge is 2.05. The average Bonchev–Trinajstić information content (AvgIpc) is 2.54. The minimum absolute atomic E-state index is 0.192. The normalized spacial score (nSPS) is 10.5. The Hall–Kier alpha value is -2.75. The molecule has 0 aliphatic carbocycles. The third-order valence-corrected chi connectivity index (χ3v) is 3.18. The van der Waals surface area contributed by atoms with Gasteiger partial charge in [-0.25, -0.2) is 8.78 Å². The number of benzene rings is 2. The number of halogens is 2. The van der Waals surface area contributed by atoms with E-state index in [-0.39, 0.29) is 18.2 Å². The van der Waals surface area contributed by atoms with Gasteiger partial charge < -0.3 is 4.74 Å². The molecule has 4 heteroatoms. The zero-order chi connectivity index (χ0) is 15.4. The highest BCUT2D eigenvalue weighted by Crippen LogP contribution is 2.22. The quantitative estimate of drug-likeness (QED) is 0.702. The number of aromatic nitrogens is 1. The van der Waals surface area contributed by atoms with Crippen molar-refractivity contribution >= 4 is 0 Å². The van der Waals surface area contributed by atoms with Crippen molar-refractivity contribution in [3.8, 4) is 16.9 Å². The van der Waals surface area contributed by atoms with E-state index in [1.807, 2.05) is 12.1 Å². The smallest absolute Gasteiger partial charge is 0.165 e. The highest BCUT2D eigenvalue weighted by molar-refractivity contribution is 5.62. The molecule has 22 heavy (non-hydrogen) atoms. The number of para-hydroxylation sites is 1. The van der Waals surface area contributed by atoms with Crippen molar-refractivity contribution in [2.24, 2.45) is 0 Å². The second kappa shape index (κ2) is 6.35. The highest BCUT2D eigenvalue weighted by atomic mass is 19.1. The van der Waals surface area contributed by atoms with E-state index in [0.717, 1.165) is 16.7 Å². The SMILES string of the molecule is Fc1cccc(-c2cncc(COc3ccccc3F)c2)c1. The van der Waals surface area contributed by atoms with Crippen LogP contribution in [0.2, 0.25) is 0 Å². The first kappa shape index (κ1) is 14.2. The molecular formula is C18H13F2NO. The summed E-state index contributed by atoms with van der Waals surface area (Å²) in [5, 5.41) is 0. The number of pyridine rings is 1. The summed E-state index contributed by atoms with van der Waals surface area (Å²) < 4.78 is 32.2. The zero-order valence-electron chi connectivity index (χ0n) is 11.7. The Balaban J connectivity index is 1.78. The molecular weight excluding hydrogens is 284 g/mol. The molecule has 1 aromatic heterocycles. The van der Waals surface area contributed by atoms with Crippen molar-refractivity contribution < 1.29 is 13.5 Å². The van der Waals surface area contributed by atoms with Gasteiger partial charge in [-0.05, 0) is 35.9 Å². The Labute approximate surface area is 127 Å². The van der Waals surface area contributed by atoms with Crippen LogP contribution < -0.4 is 4.74 Å². The molecule has 0 amide bonds.